The molecule has 1 N–H and O–H groups in total. The number of aromatic nitrogens is 2. The van der Waals surface area contributed by atoms with Crippen LogP contribution in [0.5, 0.6) is 5.75 Å². The van der Waals surface area contributed by atoms with E-state index in [9.17, 15) is 0 Å². The van der Waals surface area contributed by atoms with Crippen molar-refractivity contribution in [3.63, 3.8) is 0 Å². The molecule has 2 heterocycles. The molecule has 6 heteroatoms. The topological polar surface area (TPSA) is 39.3 Å². The summed E-state index contributed by atoms with van der Waals surface area (Å²) in [6.45, 7) is 0. The number of hydrogen-bond donors (Lipinski definition) is 1. The van der Waals surface area contributed by atoms with Gasteiger partial charge in [0.25, 0.3) is 0 Å². The fraction of sp³-hybridized carbons (Fsp3) is 0. The molecule has 0 atom stereocenters. The average Bonchev–Trinajstić information content (AvgIpc) is 1.68. The van der Waals surface area contributed by atoms with Crippen molar-refractivity contribution in [2.45, 2.75) is 0 Å². The second kappa shape index (κ2) is 20.8. The van der Waals surface area contributed by atoms with E-state index in [2.05, 4.69) is 310 Å². The average molecular weight is 1210 g/mol. The molecule has 4 nitrogen and oxygen atoms in total. The monoisotopic (exact) mass is 1210 g/mol. The minimum absolute atomic E-state index is 0.677. The van der Waals surface area contributed by atoms with E-state index < -0.39 is 0 Å². The molecule has 90 heavy (non-hydrogen) atoms. The summed E-state index contributed by atoms with van der Waals surface area (Å²) < 4.78 is 11.2. The van der Waals surface area contributed by atoms with Crippen LogP contribution in [0.15, 0.2) is 308 Å². The van der Waals surface area contributed by atoms with Crippen LogP contribution in [0.1, 0.15) is 0 Å². The maximum absolute atomic E-state index is 8.86. The molecule has 0 aliphatic heterocycles. The maximum atomic E-state index is 8.86. The second-order valence-corrected chi connectivity index (χ2v) is 24.3. The third-order valence-electron chi connectivity index (χ3n) is 18.8. The highest BCUT2D eigenvalue weighted by molar-refractivity contribution is 9.10. The van der Waals surface area contributed by atoms with Crippen molar-refractivity contribution in [2.24, 2.45) is 0 Å². The Morgan fingerprint density at radius 2 is 0.633 bits per heavy atom. The molecule has 18 aromatic rings. The van der Waals surface area contributed by atoms with Gasteiger partial charge in [-0.3, -0.25) is 0 Å². The smallest absolute Gasteiger partial charge is 0.537 e. The van der Waals surface area contributed by atoms with Crippen molar-refractivity contribution >= 4 is 132 Å². The van der Waals surface area contributed by atoms with Crippen molar-refractivity contribution in [1.29, 1.82) is 0 Å². The first-order valence-electron chi connectivity index (χ1n) is 30.5. The summed E-state index contributed by atoms with van der Waals surface area (Å²) in [6.07, 6.45) is 0. The molecule has 419 valence electrons. The van der Waals surface area contributed by atoms with Crippen LogP contribution in [0, 0.1) is 0 Å². The number of nitrogens with zero attached hydrogens (tertiary/aromatic N) is 2. The first-order chi connectivity index (χ1) is 44.6. The van der Waals surface area contributed by atoms with Crippen LogP contribution in [0.2, 0.25) is 0 Å². The van der Waals surface area contributed by atoms with E-state index in [-0.39, 0.29) is 0 Å². The first kappa shape index (κ1) is 52.1. The van der Waals surface area contributed by atoms with Gasteiger partial charge in [-0.25, -0.2) is 0 Å². The van der Waals surface area contributed by atoms with Gasteiger partial charge in [-0.1, -0.05) is 259 Å². The van der Waals surface area contributed by atoms with E-state index in [0.717, 1.165) is 17.5 Å². The Balaban J connectivity index is 0.000000110. The van der Waals surface area contributed by atoms with Gasteiger partial charge in [0.1, 0.15) is 5.75 Å². The highest BCUT2D eigenvalue weighted by atomic mass is 79.9. The standard InChI is InChI=1S/C42H25N.C26H16BrN.C16H10BO2/c1-2-11-27(12-3-1)43-39-24-21-26(28-22-23-36-30-14-5-4-13-29(30)34-20-10-19-33(28)40(34)36)25-38(39)41-35-17-8-6-15-31(35)32-16-7-9-18-37(32)42(41)43;27-17-14-15-24-23(16-17)25-21-12-6-4-10-19(21)20-11-5-7-13-22(20)26(25)28(24)18-8-2-1-3-9-18;18-17-19-15-9-8-13-11-5-2-1-4-10(11)12-6-3-7-14(15)16(12)13/h1-25H;1-16H;1-9,18H. The quantitative estimate of drug-likeness (QED) is 0.138. The number of halogens is 1. The van der Waals surface area contributed by atoms with Gasteiger partial charge in [0, 0.05) is 58.9 Å². The molecule has 2 aromatic heterocycles. The minimum Gasteiger partial charge on any atom is -0.537 e. The van der Waals surface area contributed by atoms with E-state index >= 15 is 0 Å². The van der Waals surface area contributed by atoms with E-state index in [1.807, 2.05) is 18.2 Å². The molecule has 16 aromatic carbocycles. The summed E-state index contributed by atoms with van der Waals surface area (Å²) >= 11 is 3.69. The Hall–Kier alpha value is -11.0. The lowest BCUT2D eigenvalue weighted by molar-refractivity contribution is 0.457. The third-order valence-corrected chi connectivity index (χ3v) is 19.3. The van der Waals surface area contributed by atoms with Crippen LogP contribution < -0.4 is 4.65 Å². The van der Waals surface area contributed by atoms with E-state index in [0.29, 0.717) is 5.75 Å². The fourth-order valence-corrected chi connectivity index (χ4v) is 15.6. The lowest BCUT2D eigenvalue weighted by Crippen LogP contribution is -2.00. The zero-order valence-corrected chi connectivity index (χ0v) is 50.2. The Bertz CT molecular complexity index is 5950. The number of rotatable bonds is 5. The van der Waals surface area contributed by atoms with Crippen LogP contribution >= 0.6 is 15.9 Å². The molecular formula is C84H51BBrN2O2. The van der Waals surface area contributed by atoms with Crippen LogP contribution in [0.25, 0.3) is 175 Å². The molecule has 0 bridgehead atoms. The second-order valence-electron chi connectivity index (χ2n) is 23.4. The lowest BCUT2D eigenvalue weighted by atomic mass is 9.92. The van der Waals surface area contributed by atoms with Crippen molar-refractivity contribution in [3.05, 3.63) is 308 Å². The van der Waals surface area contributed by atoms with Gasteiger partial charge in [-0.2, -0.15) is 0 Å². The molecule has 0 fully saturated rings. The fourth-order valence-electron chi connectivity index (χ4n) is 15.2. The SMILES string of the molecule is Brc1ccc2c(c1)c1c3ccccc3c3ccccc3c1n2-c1ccccc1.O[B]Oc1ccc2c3c(cccc13)-c1ccccc1-2.c1ccc(-n2c3ccc(-c4ccc5c6c(cccc46)-c4ccccc4-5)cc3c3c4ccccc4c4ccccc4c32)cc1. The summed E-state index contributed by atoms with van der Waals surface area (Å²) in [5.74, 6) is 0.677. The Kier molecular flexibility index (Phi) is 12.1. The zero-order valence-electron chi connectivity index (χ0n) is 48.6. The zero-order chi connectivity index (χ0) is 59.6. The Labute approximate surface area is 527 Å². The van der Waals surface area contributed by atoms with Crippen molar-refractivity contribution in [1.82, 2.24) is 9.13 Å². The lowest BCUT2D eigenvalue weighted by Gasteiger charge is -2.12. The summed E-state index contributed by atoms with van der Waals surface area (Å²) in [5.41, 5.74) is 20.2. The molecule has 0 amide bonds. The first-order valence-corrected chi connectivity index (χ1v) is 31.3. The van der Waals surface area contributed by atoms with Gasteiger partial charge in [0.2, 0.25) is 0 Å². The molecule has 0 saturated heterocycles. The number of para-hydroxylation sites is 2. The van der Waals surface area contributed by atoms with Gasteiger partial charge in [-0.05, 0) is 159 Å². The highest BCUT2D eigenvalue weighted by Gasteiger charge is 2.26. The molecule has 2 aliphatic rings. The van der Waals surface area contributed by atoms with Crippen LogP contribution in [0.4, 0.5) is 0 Å². The molecule has 0 saturated carbocycles. The maximum Gasteiger partial charge on any atom is 0.569 e. The van der Waals surface area contributed by atoms with Crippen LogP contribution in [-0.4, -0.2) is 21.8 Å². The molecule has 20 rings (SSSR count). The van der Waals surface area contributed by atoms with Gasteiger partial charge in [-0.15, -0.1) is 0 Å². The Morgan fingerprint density at radius 1 is 0.267 bits per heavy atom. The summed E-state index contributed by atoms with van der Waals surface area (Å²) in [4.78, 5) is 0. The minimum atomic E-state index is 0.677. The van der Waals surface area contributed by atoms with Gasteiger partial charge >= 0.3 is 7.69 Å². The van der Waals surface area contributed by atoms with E-state index in [1.54, 1.807) is 0 Å². The summed E-state index contributed by atoms with van der Waals surface area (Å²) in [7, 11) is 0.728. The molecule has 2 aliphatic carbocycles. The predicted molar refractivity (Wildman–Crippen MR) is 384 cm³/mol. The number of benzene rings is 16. The van der Waals surface area contributed by atoms with Crippen LogP contribution in [0.3, 0.4) is 0 Å². The largest absolute Gasteiger partial charge is 0.569 e. The van der Waals surface area contributed by atoms with E-state index in [1.165, 1.54) is 170 Å². The van der Waals surface area contributed by atoms with Gasteiger partial charge < -0.3 is 18.8 Å². The molecule has 1 radical (unpaired) electrons. The van der Waals surface area contributed by atoms with E-state index in [4.69, 9.17) is 9.68 Å². The van der Waals surface area contributed by atoms with Gasteiger partial charge in [0.05, 0.1) is 22.1 Å². The van der Waals surface area contributed by atoms with Crippen molar-refractivity contribution in [3.8, 4) is 72.8 Å². The van der Waals surface area contributed by atoms with Crippen molar-refractivity contribution < 1.29 is 9.68 Å². The van der Waals surface area contributed by atoms with Crippen LogP contribution in [-0.2, 0) is 0 Å². The normalized spacial score (nSPS) is 11.9. The highest BCUT2D eigenvalue weighted by Crippen LogP contribution is 2.52. The van der Waals surface area contributed by atoms with Crippen molar-refractivity contribution in [2.75, 3.05) is 0 Å². The Morgan fingerprint density at radius 3 is 1.14 bits per heavy atom. The predicted octanol–water partition coefficient (Wildman–Crippen LogP) is 22.8. The summed E-state index contributed by atoms with van der Waals surface area (Å²) in [6, 6.07) is 109. The molecular weight excluding hydrogens is 1160 g/mol. The number of fused-ring (bicyclic) bond motifs is 22. The number of hydrogen-bond acceptors (Lipinski definition) is 2. The summed E-state index contributed by atoms with van der Waals surface area (Å²) in [5, 5.41) is 29.3. The van der Waals surface area contributed by atoms with Gasteiger partial charge in [0.15, 0.2) is 0 Å². The molecule has 0 unspecified atom stereocenters. The molecule has 0 spiro atoms. The third kappa shape index (κ3) is 7.85.